The van der Waals surface area contributed by atoms with E-state index >= 15 is 0 Å². The first-order valence-electron chi connectivity index (χ1n) is 7.56. The molecule has 0 aromatic carbocycles. The Hall–Kier alpha value is -0.0800. The Kier molecular flexibility index (Phi) is 7.14. The molecule has 0 aliphatic heterocycles. The molecule has 1 rings (SSSR count). The summed E-state index contributed by atoms with van der Waals surface area (Å²) in [5.41, 5.74) is 0. The zero-order chi connectivity index (χ0) is 12.7. The van der Waals surface area contributed by atoms with Crippen molar-refractivity contribution in [2.45, 2.75) is 70.9 Å². The van der Waals surface area contributed by atoms with E-state index in [-0.39, 0.29) is 0 Å². The van der Waals surface area contributed by atoms with Gasteiger partial charge in [-0.05, 0) is 32.9 Å². The lowest BCUT2D eigenvalue weighted by molar-refractivity contribution is 0.148. The highest BCUT2D eigenvalue weighted by molar-refractivity contribution is 4.84. The van der Waals surface area contributed by atoms with Gasteiger partial charge in [-0.2, -0.15) is 0 Å². The average molecular weight is 240 g/mol. The summed E-state index contributed by atoms with van der Waals surface area (Å²) in [6, 6.07) is 1.44. The van der Waals surface area contributed by atoms with Crippen LogP contribution < -0.4 is 5.32 Å². The summed E-state index contributed by atoms with van der Waals surface area (Å²) in [5, 5.41) is 3.55. The van der Waals surface area contributed by atoms with Gasteiger partial charge in [0.15, 0.2) is 0 Å². The molecule has 0 aromatic rings. The Balaban J connectivity index is 2.54. The van der Waals surface area contributed by atoms with E-state index in [0.717, 1.165) is 12.0 Å². The van der Waals surface area contributed by atoms with Crippen LogP contribution in [0.1, 0.15) is 58.8 Å². The van der Waals surface area contributed by atoms with Gasteiger partial charge in [0.05, 0.1) is 0 Å². The van der Waals surface area contributed by atoms with E-state index in [9.17, 15) is 0 Å². The summed E-state index contributed by atoms with van der Waals surface area (Å²) >= 11 is 0. The predicted octanol–water partition coefficient (Wildman–Crippen LogP) is 3.28. The first-order chi connectivity index (χ1) is 8.19. The van der Waals surface area contributed by atoms with Gasteiger partial charge >= 0.3 is 0 Å². The molecule has 3 unspecified atom stereocenters. The molecular formula is C15H32N2. The number of hydrogen-bond acceptors (Lipinski definition) is 2. The number of nitrogens with zero attached hydrogens (tertiary/aromatic N) is 1. The van der Waals surface area contributed by atoms with Gasteiger partial charge in [-0.25, -0.2) is 0 Å². The highest BCUT2D eigenvalue weighted by Gasteiger charge is 2.25. The molecule has 3 atom stereocenters. The molecule has 1 fully saturated rings. The Bertz CT molecular complexity index is 193. The number of likely N-dealkylation sites (N-methyl/N-ethyl adjacent to an activating group) is 2. The maximum Gasteiger partial charge on any atom is 0.0246 e. The molecule has 1 aliphatic rings. The van der Waals surface area contributed by atoms with Crippen LogP contribution >= 0.6 is 0 Å². The van der Waals surface area contributed by atoms with E-state index in [1.807, 2.05) is 0 Å². The van der Waals surface area contributed by atoms with Crippen molar-refractivity contribution < 1.29 is 0 Å². The fraction of sp³-hybridized carbons (Fsp3) is 1.00. The highest BCUT2D eigenvalue weighted by atomic mass is 15.2. The fourth-order valence-electron chi connectivity index (χ4n) is 3.09. The van der Waals surface area contributed by atoms with Gasteiger partial charge in [-0.1, -0.05) is 46.0 Å². The van der Waals surface area contributed by atoms with Crippen LogP contribution in [-0.2, 0) is 0 Å². The lowest BCUT2D eigenvalue weighted by atomic mass is 9.91. The zero-order valence-electron chi connectivity index (χ0n) is 12.3. The number of nitrogens with one attached hydrogen (secondary N) is 1. The molecule has 1 N–H and O–H groups in total. The Labute approximate surface area is 108 Å². The molecule has 0 spiro atoms. The van der Waals surface area contributed by atoms with Crippen LogP contribution in [0.25, 0.3) is 0 Å². The first kappa shape index (κ1) is 15.0. The van der Waals surface area contributed by atoms with Crippen molar-refractivity contribution in [3.63, 3.8) is 0 Å². The van der Waals surface area contributed by atoms with Gasteiger partial charge in [-0.15, -0.1) is 0 Å². The van der Waals surface area contributed by atoms with Crippen LogP contribution in [0.4, 0.5) is 0 Å². The lowest BCUT2D eigenvalue weighted by Crippen LogP contribution is -2.49. The second kappa shape index (κ2) is 8.10. The monoisotopic (exact) mass is 240 g/mol. The van der Waals surface area contributed by atoms with Crippen LogP contribution in [0, 0.1) is 5.92 Å². The van der Waals surface area contributed by atoms with Crippen molar-refractivity contribution in [2.24, 2.45) is 5.92 Å². The summed E-state index contributed by atoms with van der Waals surface area (Å²) in [7, 11) is 4.46. The Morgan fingerprint density at radius 1 is 1.18 bits per heavy atom. The maximum absolute atomic E-state index is 3.55. The van der Waals surface area contributed by atoms with Crippen molar-refractivity contribution in [1.82, 2.24) is 10.2 Å². The van der Waals surface area contributed by atoms with E-state index in [4.69, 9.17) is 0 Å². The lowest BCUT2D eigenvalue weighted by Gasteiger charge is -2.37. The molecule has 0 aromatic heterocycles. The quantitative estimate of drug-likeness (QED) is 0.793. The third-order valence-electron chi connectivity index (χ3n) is 4.46. The zero-order valence-corrected chi connectivity index (χ0v) is 12.3. The molecule has 0 saturated heterocycles. The van der Waals surface area contributed by atoms with E-state index in [1.54, 1.807) is 0 Å². The molecule has 102 valence electrons. The predicted molar refractivity (Wildman–Crippen MR) is 76.4 cm³/mol. The molecule has 0 heterocycles. The van der Waals surface area contributed by atoms with E-state index in [0.29, 0.717) is 6.04 Å². The van der Waals surface area contributed by atoms with Gasteiger partial charge < -0.3 is 10.2 Å². The minimum absolute atomic E-state index is 0.698. The third kappa shape index (κ3) is 4.97. The SMILES string of the molecule is CCC(C)CN(C)C1CCCCCCC1NC. The van der Waals surface area contributed by atoms with E-state index < -0.39 is 0 Å². The normalized spacial score (nSPS) is 28.8. The summed E-state index contributed by atoms with van der Waals surface area (Å²) in [6.07, 6.45) is 9.70. The molecule has 2 nitrogen and oxygen atoms in total. The second-order valence-corrected chi connectivity index (χ2v) is 5.91. The number of rotatable bonds is 5. The minimum Gasteiger partial charge on any atom is -0.315 e. The highest BCUT2D eigenvalue weighted by Crippen LogP contribution is 2.22. The van der Waals surface area contributed by atoms with Crippen molar-refractivity contribution in [3.8, 4) is 0 Å². The maximum atomic E-state index is 3.55. The van der Waals surface area contributed by atoms with E-state index in [1.165, 1.54) is 51.5 Å². The molecule has 17 heavy (non-hydrogen) atoms. The van der Waals surface area contributed by atoms with Crippen LogP contribution in [0.5, 0.6) is 0 Å². The standard InChI is InChI=1S/C15H32N2/c1-5-13(2)12-17(4)15-11-9-7-6-8-10-14(15)16-3/h13-16H,5-12H2,1-4H3. The molecule has 1 saturated carbocycles. The second-order valence-electron chi connectivity index (χ2n) is 5.91. The van der Waals surface area contributed by atoms with Crippen LogP contribution in [0.2, 0.25) is 0 Å². The van der Waals surface area contributed by atoms with Gasteiger partial charge in [0, 0.05) is 18.6 Å². The van der Waals surface area contributed by atoms with E-state index in [2.05, 4.69) is 38.2 Å². The summed E-state index contributed by atoms with van der Waals surface area (Å²) in [4.78, 5) is 2.61. The van der Waals surface area contributed by atoms with Crippen molar-refractivity contribution in [1.29, 1.82) is 0 Å². The fourth-order valence-corrected chi connectivity index (χ4v) is 3.09. The molecule has 2 heteroatoms. The molecular weight excluding hydrogens is 208 g/mol. The van der Waals surface area contributed by atoms with Crippen LogP contribution in [0.3, 0.4) is 0 Å². The Morgan fingerprint density at radius 2 is 1.82 bits per heavy atom. The first-order valence-corrected chi connectivity index (χ1v) is 7.56. The number of hydrogen-bond donors (Lipinski definition) is 1. The largest absolute Gasteiger partial charge is 0.315 e. The molecule has 1 aliphatic carbocycles. The summed E-state index contributed by atoms with van der Waals surface area (Å²) in [5.74, 6) is 0.822. The average Bonchev–Trinajstić information content (AvgIpc) is 2.28. The minimum atomic E-state index is 0.698. The summed E-state index contributed by atoms with van der Waals surface area (Å²) in [6.45, 7) is 5.92. The van der Waals surface area contributed by atoms with Crippen molar-refractivity contribution in [2.75, 3.05) is 20.6 Å². The van der Waals surface area contributed by atoms with Gasteiger partial charge in [0.1, 0.15) is 0 Å². The van der Waals surface area contributed by atoms with Crippen LogP contribution in [-0.4, -0.2) is 37.6 Å². The third-order valence-corrected chi connectivity index (χ3v) is 4.46. The Morgan fingerprint density at radius 3 is 2.41 bits per heavy atom. The van der Waals surface area contributed by atoms with Gasteiger partial charge in [-0.3, -0.25) is 0 Å². The molecule has 0 amide bonds. The topological polar surface area (TPSA) is 15.3 Å². The van der Waals surface area contributed by atoms with Gasteiger partial charge in [0.2, 0.25) is 0 Å². The van der Waals surface area contributed by atoms with Crippen molar-refractivity contribution in [3.05, 3.63) is 0 Å². The van der Waals surface area contributed by atoms with Crippen molar-refractivity contribution >= 4 is 0 Å². The van der Waals surface area contributed by atoms with Gasteiger partial charge in [0.25, 0.3) is 0 Å². The smallest absolute Gasteiger partial charge is 0.0246 e. The summed E-state index contributed by atoms with van der Waals surface area (Å²) < 4.78 is 0. The molecule has 0 radical (unpaired) electrons. The van der Waals surface area contributed by atoms with Crippen LogP contribution in [0.15, 0.2) is 0 Å². The molecule has 0 bridgehead atoms.